The highest BCUT2D eigenvalue weighted by Gasteiger charge is 2.31. The molecular weight excluding hydrogens is 230 g/mol. The molecule has 0 radical (unpaired) electrons. The molecule has 1 heterocycles. The molecule has 1 atom stereocenters. The molecule has 0 bridgehead atoms. The van der Waals surface area contributed by atoms with E-state index in [1.54, 1.807) is 19.9 Å². The van der Waals surface area contributed by atoms with E-state index in [0.717, 1.165) is 10.9 Å². The summed E-state index contributed by atoms with van der Waals surface area (Å²) in [6, 6.07) is 9.19. The number of nitrogens with one attached hydrogen (secondary N) is 1. The second kappa shape index (κ2) is 4.64. The smallest absolute Gasteiger partial charge is 0.314 e. The second-order valence-corrected chi connectivity index (χ2v) is 4.69. The van der Waals surface area contributed by atoms with Crippen molar-refractivity contribution in [3.63, 3.8) is 0 Å². The highest BCUT2D eigenvalue weighted by Crippen LogP contribution is 2.21. The Kier molecular flexibility index (Phi) is 3.19. The Hall–Kier alpha value is -2.10. The maximum atomic E-state index is 12.2. The molecule has 18 heavy (non-hydrogen) atoms. The number of aromatic nitrogens is 1. The summed E-state index contributed by atoms with van der Waals surface area (Å²) in [7, 11) is 0. The van der Waals surface area contributed by atoms with Gasteiger partial charge in [0.1, 0.15) is 5.92 Å². The first kappa shape index (κ1) is 12.4. The molecule has 4 heteroatoms. The number of aliphatic carboxylic acids is 1. The lowest BCUT2D eigenvalue weighted by atomic mass is 9.90. The summed E-state index contributed by atoms with van der Waals surface area (Å²) in [5, 5.41) is 10.0. The van der Waals surface area contributed by atoms with Crippen LogP contribution in [0.4, 0.5) is 0 Å². The Morgan fingerprint density at radius 2 is 1.89 bits per heavy atom. The Morgan fingerprint density at radius 3 is 2.44 bits per heavy atom. The predicted molar refractivity (Wildman–Crippen MR) is 68.6 cm³/mol. The zero-order valence-electron chi connectivity index (χ0n) is 10.3. The normalized spacial score (nSPS) is 12.8. The van der Waals surface area contributed by atoms with Gasteiger partial charge in [0.2, 0.25) is 0 Å². The van der Waals surface area contributed by atoms with Gasteiger partial charge in [-0.15, -0.1) is 0 Å². The summed E-state index contributed by atoms with van der Waals surface area (Å²) in [6.45, 7) is 3.47. The summed E-state index contributed by atoms with van der Waals surface area (Å²) >= 11 is 0. The first-order valence-corrected chi connectivity index (χ1v) is 5.85. The van der Waals surface area contributed by atoms with E-state index in [0.29, 0.717) is 5.69 Å². The monoisotopic (exact) mass is 245 g/mol. The number of Topliss-reactive ketones (excluding diaryl/α,β-unsaturated/α-hetero) is 1. The van der Waals surface area contributed by atoms with Crippen LogP contribution in [0.3, 0.4) is 0 Å². The number of carbonyl (C=O) groups excluding carboxylic acids is 1. The van der Waals surface area contributed by atoms with Gasteiger partial charge in [-0.3, -0.25) is 9.59 Å². The standard InChI is InChI=1S/C14H15NO3/c1-8(2)12(14(17)18)13(16)11-7-9-5-3-4-6-10(9)15-11/h3-8,12,15H,1-2H3,(H,17,18). The van der Waals surface area contributed by atoms with E-state index in [-0.39, 0.29) is 11.7 Å². The number of hydrogen-bond donors (Lipinski definition) is 2. The minimum Gasteiger partial charge on any atom is -0.481 e. The van der Waals surface area contributed by atoms with Crippen LogP contribution in [0.1, 0.15) is 24.3 Å². The van der Waals surface area contributed by atoms with Gasteiger partial charge in [0.15, 0.2) is 5.78 Å². The van der Waals surface area contributed by atoms with Gasteiger partial charge in [0, 0.05) is 10.9 Å². The number of fused-ring (bicyclic) bond motifs is 1. The first-order valence-electron chi connectivity index (χ1n) is 5.85. The average molecular weight is 245 g/mol. The summed E-state index contributed by atoms with van der Waals surface area (Å²) in [4.78, 5) is 26.3. The summed E-state index contributed by atoms with van der Waals surface area (Å²) in [5.74, 6) is -2.68. The van der Waals surface area contributed by atoms with Gasteiger partial charge in [-0.05, 0) is 18.1 Å². The van der Waals surface area contributed by atoms with Gasteiger partial charge in [0.05, 0.1) is 5.69 Å². The number of rotatable bonds is 4. The largest absolute Gasteiger partial charge is 0.481 e. The van der Waals surface area contributed by atoms with Crippen LogP contribution in [0.15, 0.2) is 30.3 Å². The highest BCUT2D eigenvalue weighted by molar-refractivity contribution is 6.09. The summed E-state index contributed by atoms with van der Waals surface area (Å²) in [5.41, 5.74) is 1.20. The number of H-pyrrole nitrogens is 1. The van der Waals surface area contributed by atoms with Gasteiger partial charge in [-0.25, -0.2) is 0 Å². The van der Waals surface area contributed by atoms with E-state index >= 15 is 0 Å². The third kappa shape index (κ3) is 2.14. The van der Waals surface area contributed by atoms with Crippen LogP contribution in [0.25, 0.3) is 10.9 Å². The molecule has 0 aliphatic rings. The Morgan fingerprint density at radius 1 is 1.22 bits per heavy atom. The van der Waals surface area contributed by atoms with Crippen molar-refractivity contribution in [2.45, 2.75) is 13.8 Å². The van der Waals surface area contributed by atoms with Crippen LogP contribution in [0.5, 0.6) is 0 Å². The van der Waals surface area contributed by atoms with Crippen LogP contribution >= 0.6 is 0 Å². The van der Waals surface area contributed by atoms with Crippen LogP contribution in [0.2, 0.25) is 0 Å². The minimum atomic E-state index is -1.08. The zero-order valence-corrected chi connectivity index (χ0v) is 10.3. The van der Waals surface area contributed by atoms with Crippen LogP contribution in [0, 0.1) is 11.8 Å². The average Bonchev–Trinajstić information content (AvgIpc) is 2.71. The fraction of sp³-hybridized carbons (Fsp3) is 0.286. The van der Waals surface area contributed by atoms with Gasteiger partial charge in [-0.1, -0.05) is 32.0 Å². The van der Waals surface area contributed by atoms with Crippen molar-refractivity contribution < 1.29 is 14.7 Å². The topological polar surface area (TPSA) is 70.2 Å². The van der Waals surface area contributed by atoms with Gasteiger partial charge < -0.3 is 10.1 Å². The molecule has 0 saturated heterocycles. The Labute approximate surface area is 105 Å². The lowest BCUT2D eigenvalue weighted by Gasteiger charge is -2.13. The molecule has 1 aromatic heterocycles. The number of ketones is 1. The van der Waals surface area contributed by atoms with Crippen LogP contribution in [-0.4, -0.2) is 21.8 Å². The van der Waals surface area contributed by atoms with E-state index in [9.17, 15) is 9.59 Å². The van der Waals surface area contributed by atoms with Crippen LogP contribution in [-0.2, 0) is 4.79 Å². The highest BCUT2D eigenvalue weighted by atomic mass is 16.4. The molecule has 2 N–H and O–H groups in total. The number of benzene rings is 1. The second-order valence-electron chi connectivity index (χ2n) is 4.69. The molecule has 1 aromatic carbocycles. The molecule has 2 aromatic rings. The summed E-state index contributed by atoms with van der Waals surface area (Å²) < 4.78 is 0. The van der Waals surface area contributed by atoms with Crippen molar-refractivity contribution in [3.8, 4) is 0 Å². The zero-order chi connectivity index (χ0) is 13.3. The number of aromatic amines is 1. The first-order chi connectivity index (χ1) is 8.50. The number of para-hydroxylation sites is 1. The third-order valence-corrected chi connectivity index (χ3v) is 3.01. The van der Waals surface area contributed by atoms with E-state index in [2.05, 4.69) is 4.98 Å². The number of carboxylic acid groups (broad SMARTS) is 1. The van der Waals surface area contributed by atoms with Crippen LogP contribution < -0.4 is 0 Å². The predicted octanol–water partition coefficient (Wildman–Crippen LogP) is 2.71. The van der Waals surface area contributed by atoms with Crippen molar-refractivity contribution >= 4 is 22.7 Å². The van der Waals surface area contributed by atoms with Crippen molar-refractivity contribution in [1.82, 2.24) is 4.98 Å². The lowest BCUT2D eigenvalue weighted by molar-refractivity contribution is -0.141. The van der Waals surface area contributed by atoms with Crippen molar-refractivity contribution in [1.29, 1.82) is 0 Å². The Bertz CT molecular complexity index is 565. The minimum absolute atomic E-state index is 0.235. The molecular formula is C14H15NO3. The molecule has 0 spiro atoms. The van der Waals surface area contributed by atoms with E-state index in [1.165, 1.54) is 0 Å². The lowest BCUT2D eigenvalue weighted by Crippen LogP contribution is -2.28. The van der Waals surface area contributed by atoms with Gasteiger partial charge >= 0.3 is 5.97 Å². The Balaban J connectivity index is 2.41. The van der Waals surface area contributed by atoms with Gasteiger partial charge in [0.25, 0.3) is 0 Å². The number of hydrogen-bond acceptors (Lipinski definition) is 2. The maximum Gasteiger partial charge on any atom is 0.314 e. The van der Waals surface area contributed by atoms with E-state index < -0.39 is 11.9 Å². The van der Waals surface area contributed by atoms with Gasteiger partial charge in [-0.2, -0.15) is 0 Å². The number of carboxylic acids is 1. The van der Waals surface area contributed by atoms with Crippen molar-refractivity contribution in [2.24, 2.45) is 11.8 Å². The molecule has 0 fully saturated rings. The third-order valence-electron chi connectivity index (χ3n) is 3.01. The molecule has 0 saturated carbocycles. The molecule has 4 nitrogen and oxygen atoms in total. The molecule has 1 unspecified atom stereocenters. The maximum absolute atomic E-state index is 12.2. The van der Waals surface area contributed by atoms with Crippen molar-refractivity contribution in [3.05, 3.63) is 36.0 Å². The fourth-order valence-electron chi connectivity index (χ4n) is 2.07. The van der Waals surface area contributed by atoms with Crippen molar-refractivity contribution in [2.75, 3.05) is 0 Å². The number of carbonyl (C=O) groups is 2. The fourth-order valence-corrected chi connectivity index (χ4v) is 2.07. The van der Waals surface area contributed by atoms with E-state index in [4.69, 9.17) is 5.11 Å². The summed E-state index contributed by atoms with van der Waals surface area (Å²) in [6.07, 6.45) is 0. The molecule has 0 aliphatic carbocycles. The SMILES string of the molecule is CC(C)C(C(=O)O)C(=O)c1cc2ccccc2[nH]1. The van der Waals surface area contributed by atoms with E-state index in [1.807, 2.05) is 24.3 Å². The molecule has 0 amide bonds. The quantitative estimate of drug-likeness (QED) is 0.642. The molecule has 94 valence electrons. The molecule has 2 rings (SSSR count). The molecule has 0 aliphatic heterocycles.